The Kier molecular flexibility index (Phi) is 7.63. The first-order chi connectivity index (χ1) is 16.3. The summed E-state index contributed by atoms with van der Waals surface area (Å²) in [6.07, 6.45) is 4.61. The van der Waals surface area contributed by atoms with Crippen molar-refractivity contribution in [3.05, 3.63) is 65.1 Å². The molecule has 0 atom stereocenters. The number of benzene rings is 1. The van der Waals surface area contributed by atoms with E-state index in [0.29, 0.717) is 11.3 Å². The van der Waals surface area contributed by atoms with E-state index >= 15 is 0 Å². The molecule has 0 saturated carbocycles. The molecule has 188 valence electrons. The van der Waals surface area contributed by atoms with Crippen LogP contribution in [0.1, 0.15) is 71.7 Å². The number of methoxy groups -OCH3 is 1. The second-order valence-corrected chi connectivity index (χ2v) is 11.3. The van der Waals surface area contributed by atoms with Crippen LogP contribution in [0.4, 0.5) is 5.82 Å². The van der Waals surface area contributed by atoms with Crippen LogP contribution in [0.2, 0.25) is 0 Å². The number of imidazole rings is 1. The number of ether oxygens (including phenoxy) is 1. The molecule has 1 aromatic carbocycles. The number of nitrogens with two attached hydrogens (primary N) is 1. The SMILES string of the molecule is COc1ccc(CCc2nc3cc(C(C(C)=O)=C(C)N)ccn3c2NC(C)(C)CC(C)(C)C)cc1. The summed E-state index contributed by atoms with van der Waals surface area (Å²) >= 11 is 0. The summed E-state index contributed by atoms with van der Waals surface area (Å²) in [5.74, 6) is 1.79. The first-order valence-electron chi connectivity index (χ1n) is 12.2. The van der Waals surface area contributed by atoms with Crippen LogP contribution in [0.3, 0.4) is 0 Å². The number of carbonyl (C=O) groups excluding carboxylic acids is 1. The first kappa shape index (κ1) is 26.3. The number of rotatable bonds is 9. The fourth-order valence-electron chi connectivity index (χ4n) is 5.01. The summed E-state index contributed by atoms with van der Waals surface area (Å²) in [5, 5.41) is 3.79. The van der Waals surface area contributed by atoms with Gasteiger partial charge in [0.25, 0.3) is 0 Å². The van der Waals surface area contributed by atoms with Crippen molar-refractivity contribution >= 4 is 22.8 Å². The normalized spacial score (nSPS) is 13.0. The summed E-state index contributed by atoms with van der Waals surface area (Å²) in [4.78, 5) is 17.2. The highest BCUT2D eigenvalue weighted by Crippen LogP contribution is 2.32. The number of Topliss-reactive ketones (excluding diaryl/α,β-unsaturated/α-hetero) is 1. The van der Waals surface area contributed by atoms with E-state index in [2.05, 4.69) is 56.5 Å². The number of nitrogens with zero attached hydrogens (tertiary/aromatic N) is 2. The van der Waals surface area contributed by atoms with E-state index in [4.69, 9.17) is 15.5 Å². The van der Waals surface area contributed by atoms with Crippen LogP contribution < -0.4 is 15.8 Å². The summed E-state index contributed by atoms with van der Waals surface area (Å²) in [5.41, 5.74) is 10.9. The summed E-state index contributed by atoms with van der Waals surface area (Å²) in [6.45, 7) is 14.5. The fourth-order valence-corrected chi connectivity index (χ4v) is 5.01. The van der Waals surface area contributed by atoms with Gasteiger partial charge >= 0.3 is 0 Å². The molecule has 35 heavy (non-hydrogen) atoms. The highest BCUT2D eigenvalue weighted by atomic mass is 16.5. The number of aryl methyl sites for hydroxylation is 2. The molecule has 0 aliphatic rings. The van der Waals surface area contributed by atoms with Gasteiger partial charge in [0.15, 0.2) is 5.78 Å². The predicted octanol–water partition coefficient (Wildman–Crippen LogP) is 6.03. The van der Waals surface area contributed by atoms with Crippen LogP contribution in [-0.2, 0) is 17.6 Å². The minimum Gasteiger partial charge on any atom is -0.497 e. The Hall–Kier alpha value is -3.28. The van der Waals surface area contributed by atoms with Crippen molar-refractivity contribution in [3.8, 4) is 5.75 Å². The Labute approximate surface area is 209 Å². The van der Waals surface area contributed by atoms with E-state index in [1.807, 2.05) is 30.5 Å². The van der Waals surface area contributed by atoms with Gasteiger partial charge in [-0.3, -0.25) is 9.20 Å². The number of hydrogen-bond donors (Lipinski definition) is 2. The molecule has 0 saturated heterocycles. The van der Waals surface area contributed by atoms with Crippen LogP contribution in [0, 0.1) is 5.41 Å². The third-order valence-corrected chi connectivity index (χ3v) is 5.97. The van der Waals surface area contributed by atoms with Gasteiger partial charge in [-0.05, 0) is 87.8 Å². The van der Waals surface area contributed by atoms with Crippen molar-refractivity contribution in [3.63, 3.8) is 0 Å². The van der Waals surface area contributed by atoms with Crippen molar-refractivity contribution in [2.45, 2.75) is 73.3 Å². The molecule has 0 radical (unpaired) electrons. The zero-order valence-corrected chi connectivity index (χ0v) is 22.5. The average Bonchev–Trinajstić information content (AvgIpc) is 3.06. The number of ketones is 1. The van der Waals surface area contributed by atoms with Gasteiger partial charge in [-0.25, -0.2) is 4.98 Å². The molecular formula is C29H40N4O2. The summed E-state index contributed by atoms with van der Waals surface area (Å²) in [7, 11) is 1.68. The Morgan fingerprint density at radius 2 is 1.71 bits per heavy atom. The third-order valence-electron chi connectivity index (χ3n) is 5.97. The van der Waals surface area contributed by atoms with E-state index in [1.54, 1.807) is 21.0 Å². The number of anilines is 1. The molecule has 0 bridgehead atoms. The number of carbonyl (C=O) groups is 1. The molecule has 0 aliphatic heterocycles. The number of allylic oxidation sites excluding steroid dienone is 2. The van der Waals surface area contributed by atoms with Crippen LogP contribution in [0.15, 0.2) is 48.3 Å². The highest BCUT2D eigenvalue weighted by Gasteiger charge is 2.28. The van der Waals surface area contributed by atoms with Crippen molar-refractivity contribution in [2.24, 2.45) is 11.1 Å². The van der Waals surface area contributed by atoms with Gasteiger partial charge in [0, 0.05) is 23.0 Å². The maximum Gasteiger partial charge on any atom is 0.162 e. The van der Waals surface area contributed by atoms with Crippen LogP contribution in [-0.4, -0.2) is 27.8 Å². The van der Waals surface area contributed by atoms with Crippen molar-refractivity contribution in [2.75, 3.05) is 12.4 Å². The first-order valence-corrected chi connectivity index (χ1v) is 12.2. The molecule has 0 fully saturated rings. The summed E-state index contributed by atoms with van der Waals surface area (Å²) in [6, 6.07) is 12.1. The molecule has 0 unspecified atom stereocenters. The number of nitrogens with one attached hydrogen (secondary N) is 1. The molecule has 0 aliphatic carbocycles. The molecule has 0 spiro atoms. The molecule has 3 N–H and O–H groups in total. The van der Waals surface area contributed by atoms with Crippen molar-refractivity contribution in [1.29, 1.82) is 0 Å². The minimum atomic E-state index is -0.139. The van der Waals surface area contributed by atoms with E-state index in [1.165, 1.54) is 5.56 Å². The lowest BCUT2D eigenvalue weighted by atomic mass is 9.82. The van der Waals surface area contributed by atoms with Gasteiger partial charge in [0.05, 0.1) is 12.8 Å². The Balaban J connectivity index is 2.03. The van der Waals surface area contributed by atoms with Crippen molar-refractivity contribution in [1.82, 2.24) is 9.38 Å². The predicted molar refractivity (Wildman–Crippen MR) is 145 cm³/mol. The molecule has 2 heterocycles. The Morgan fingerprint density at radius 1 is 1.06 bits per heavy atom. The van der Waals surface area contributed by atoms with Gasteiger partial charge in [-0.15, -0.1) is 0 Å². The zero-order valence-electron chi connectivity index (χ0n) is 22.5. The monoisotopic (exact) mass is 476 g/mol. The number of fused-ring (bicyclic) bond motifs is 1. The second-order valence-electron chi connectivity index (χ2n) is 11.3. The second kappa shape index (κ2) is 10.1. The van der Waals surface area contributed by atoms with Crippen molar-refractivity contribution < 1.29 is 9.53 Å². The van der Waals surface area contributed by atoms with E-state index in [0.717, 1.165) is 47.7 Å². The van der Waals surface area contributed by atoms with Gasteiger partial charge < -0.3 is 15.8 Å². The Morgan fingerprint density at radius 3 is 2.26 bits per heavy atom. The topological polar surface area (TPSA) is 81.6 Å². The van der Waals surface area contributed by atoms with E-state index in [9.17, 15) is 4.79 Å². The minimum absolute atomic E-state index is 0.0507. The highest BCUT2D eigenvalue weighted by molar-refractivity contribution is 6.20. The number of hydrogen-bond acceptors (Lipinski definition) is 5. The van der Waals surface area contributed by atoms with Crippen LogP contribution in [0.25, 0.3) is 11.2 Å². The maximum atomic E-state index is 12.2. The van der Waals surface area contributed by atoms with E-state index < -0.39 is 0 Å². The van der Waals surface area contributed by atoms with Crippen LogP contribution >= 0.6 is 0 Å². The maximum absolute atomic E-state index is 12.2. The zero-order chi connectivity index (χ0) is 26.0. The van der Waals surface area contributed by atoms with Gasteiger partial charge in [0.1, 0.15) is 17.2 Å². The lowest BCUT2D eigenvalue weighted by Gasteiger charge is -2.34. The molecule has 3 rings (SSSR count). The van der Waals surface area contributed by atoms with Gasteiger partial charge in [-0.1, -0.05) is 32.9 Å². The lowest BCUT2D eigenvalue weighted by molar-refractivity contribution is -0.111. The number of aromatic nitrogens is 2. The fraction of sp³-hybridized carbons (Fsp3) is 0.448. The largest absolute Gasteiger partial charge is 0.497 e. The smallest absolute Gasteiger partial charge is 0.162 e. The summed E-state index contributed by atoms with van der Waals surface area (Å²) < 4.78 is 7.37. The number of pyridine rings is 1. The van der Waals surface area contributed by atoms with Gasteiger partial charge in [-0.2, -0.15) is 0 Å². The molecule has 3 aromatic rings. The Bertz CT molecular complexity index is 1220. The lowest BCUT2D eigenvalue weighted by Crippen LogP contribution is -2.36. The van der Waals surface area contributed by atoms with Crippen LogP contribution in [0.5, 0.6) is 5.75 Å². The molecule has 6 nitrogen and oxygen atoms in total. The van der Waals surface area contributed by atoms with E-state index in [-0.39, 0.29) is 16.7 Å². The standard InChI is InChI=1S/C29H40N4O2/c1-19(30)26(20(2)34)22-15-16-33-25(17-22)31-24(14-11-21-9-12-23(35-8)13-10-21)27(33)32-29(6,7)18-28(3,4)5/h9-10,12-13,15-17,32H,11,14,18,30H2,1-8H3. The molecular weight excluding hydrogens is 436 g/mol. The average molecular weight is 477 g/mol. The third kappa shape index (κ3) is 6.65. The quantitative estimate of drug-likeness (QED) is 0.368. The molecule has 2 aromatic heterocycles. The molecule has 0 amide bonds. The van der Waals surface area contributed by atoms with Gasteiger partial charge in [0.2, 0.25) is 0 Å². The molecule has 6 heteroatoms.